The zero-order valence-corrected chi connectivity index (χ0v) is 40.1. The van der Waals surface area contributed by atoms with Crippen LogP contribution in [0.4, 0.5) is 4.79 Å². The van der Waals surface area contributed by atoms with E-state index in [1.165, 1.54) is 0 Å². The number of epoxide rings is 1. The van der Waals surface area contributed by atoms with Crippen molar-refractivity contribution in [2.45, 2.75) is 176 Å². The molecule has 2 aliphatic heterocycles. The van der Waals surface area contributed by atoms with Crippen molar-refractivity contribution >= 4 is 12.1 Å². The molecule has 0 aromatic carbocycles. The van der Waals surface area contributed by atoms with E-state index in [2.05, 4.69) is 32.2 Å². The van der Waals surface area contributed by atoms with Crippen LogP contribution in [0, 0.1) is 17.8 Å². The van der Waals surface area contributed by atoms with Crippen LogP contribution in [0.5, 0.6) is 0 Å². The van der Waals surface area contributed by atoms with Gasteiger partial charge in [0, 0.05) is 44.7 Å². The summed E-state index contributed by atoms with van der Waals surface area (Å²) in [6.07, 6.45) is 8.59. The summed E-state index contributed by atoms with van der Waals surface area (Å²) < 4.78 is 65.5. The molecule has 62 heavy (non-hydrogen) atoms. The van der Waals surface area contributed by atoms with Gasteiger partial charge in [0.1, 0.15) is 11.7 Å². The number of nitrogens with one attached hydrogen (secondary N) is 1. The highest BCUT2D eigenvalue weighted by atomic mass is 16.7. The van der Waals surface area contributed by atoms with Gasteiger partial charge in [0.2, 0.25) is 0 Å². The topological polar surface area (TPSA) is 177 Å². The van der Waals surface area contributed by atoms with E-state index in [1.54, 1.807) is 6.92 Å². The Kier molecular flexibility index (Phi) is 27.5. The summed E-state index contributed by atoms with van der Waals surface area (Å²) in [4.78, 5) is 27.1. The number of hydrogen-bond acceptors (Lipinski definition) is 14. The Morgan fingerprint density at radius 3 is 2.27 bits per heavy atom. The first-order valence-electron chi connectivity index (χ1n) is 23.1. The van der Waals surface area contributed by atoms with Crippen LogP contribution in [0.15, 0.2) is 36.0 Å². The normalized spacial score (nSPS) is 28.0. The van der Waals surface area contributed by atoms with Crippen LogP contribution in [0.3, 0.4) is 0 Å². The van der Waals surface area contributed by atoms with Gasteiger partial charge in [-0.25, -0.2) is 4.79 Å². The maximum atomic E-state index is 13.7. The van der Waals surface area contributed by atoms with Crippen LogP contribution >= 0.6 is 0 Å². The van der Waals surface area contributed by atoms with E-state index in [0.717, 1.165) is 18.4 Å². The van der Waals surface area contributed by atoms with Gasteiger partial charge in [-0.2, -0.15) is 0 Å². The highest BCUT2D eigenvalue weighted by Crippen LogP contribution is 2.38. The lowest BCUT2D eigenvalue weighted by molar-refractivity contribution is -0.224. The molecule has 2 aliphatic rings. The molecule has 2 rings (SSSR count). The minimum absolute atomic E-state index is 0.0136. The minimum Gasteiger partial charge on any atom is -0.457 e. The van der Waals surface area contributed by atoms with E-state index in [0.29, 0.717) is 59.0 Å². The van der Waals surface area contributed by atoms with Crippen molar-refractivity contribution < 1.29 is 61.7 Å². The van der Waals surface area contributed by atoms with Crippen LogP contribution in [0.1, 0.15) is 115 Å². The van der Waals surface area contributed by atoms with Crippen molar-refractivity contribution in [2.75, 3.05) is 59.3 Å². The Balaban J connectivity index is 2.33. The van der Waals surface area contributed by atoms with Gasteiger partial charge in [-0.1, -0.05) is 52.0 Å². The molecule has 360 valence electrons. The fraction of sp³-hybridized carbons (Fsp3) is 0.830. The summed E-state index contributed by atoms with van der Waals surface area (Å²) in [5.41, 5.74) is 5.22. The van der Waals surface area contributed by atoms with Gasteiger partial charge in [-0.15, -0.1) is 0 Å². The highest BCUT2D eigenvalue weighted by Gasteiger charge is 2.46. The largest absolute Gasteiger partial charge is 0.457 e. The Bertz CT molecular complexity index is 1330. The molecular weight excluding hydrogens is 801 g/mol. The Morgan fingerprint density at radius 1 is 0.952 bits per heavy atom. The average molecular weight is 885 g/mol. The van der Waals surface area contributed by atoms with E-state index >= 15 is 0 Å². The third-order valence-electron chi connectivity index (χ3n) is 11.0. The van der Waals surface area contributed by atoms with Crippen molar-refractivity contribution in [1.29, 1.82) is 0 Å². The first-order valence-corrected chi connectivity index (χ1v) is 23.1. The quantitative estimate of drug-likeness (QED) is 0.0190. The maximum Gasteiger partial charge on any atom is 0.407 e. The second kappa shape index (κ2) is 30.7. The molecule has 15 nitrogen and oxygen atoms in total. The highest BCUT2D eigenvalue weighted by molar-refractivity contribution is 5.70. The maximum absolute atomic E-state index is 13.7. The first-order chi connectivity index (χ1) is 29.6. The number of rotatable bonds is 29. The number of amides is 1. The van der Waals surface area contributed by atoms with Gasteiger partial charge in [0.25, 0.3) is 0 Å². The van der Waals surface area contributed by atoms with Gasteiger partial charge < -0.3 is 63.2 Å². The number of esters is 1. The molecular formula is C47H84N2O13. The lowest BCUT2D eigenvalue weighted by Crippen LogP contribution is -2.48. The van der Waals surface area contributed by atoms with Crippen molar-refractivity contribution in [3.63, 3.8) is 0 Å². The second-order valence-corrected chi connectivity index (χ2v) is 16.5. The molecule has 3 N–H and O–H groups in total. The van der Waals surface area contributed by atoms with Crippen LogP contribution in [-0.4, -0.2) is 132 Å². The molecule has 0 radical (unpaired) electrons. The van der Waals surface area contributed by atoms with E-state index in [4.69, 9.17) is 57.8 Å². The molecule has 0 aromatic rings. The third-order valence-corrected chi connectivity index (χ3v) is 11.0. The predicted octanol–water partition coefficient (Wildman–Crippen LogP) is 7.40. The zero-order valence-electron chi connectivity index (χ0n) is 40.1. The molecule has 0 aliphatic carbocycles. The number of alkyl carbamates (subject to hydrolysis) is 1. The summed E-state index contributed by atoms with van der Waals surface area (Å²) in [5, 5.41) is 2.79. The number of carbonyl (C=O) groups excluding carboxylic acids is 2. The first kappa shape index (κ1) is 55.7. The SMILES string of the molecule is CCOC(C)OC1CCC(C)(OC(C)OCC)C(OC(=O)NCCOCCOCCN)C=CC(C)C(C(C)=CC=CC(C)CC2OC2C(C)C(CC)OC(C)OCC)OC(=O)C1. The summed E-state index contributed by atoms with van der Waals surface area (Å²) in [5.74, 6) is -0.218. The molecule has 1 fully saturated rings. The summed E-state index contributed by atoms with van der Waals surface area (Å²) >= 11 is 0. The standard InChI is InChI=1S/C47H84N2O13/c1-13-40(58-37(10)55-15-3)35(8)45-41(59-45)30-32(5)18-17-19-33(6)44-34(7)20-21-42(60-46(51)49-25-27-53-29-28-52-26-24-48)47(12,62-38(11)56-16-4)23-22-39(31-43(50)61-44)57-36(9)54-14-2/h17-21,32,34-42,44-45H,13-16,22-31,48H2,1-12H3,(H,49,51). The van der Waals surface area contributed by atoms with Gasteiger partial charge in [-0.05, 0) is 98.6 Å². The Labute approximate surface area is 373 Å². The number of ether oxygens (including phenoxy) is 11. The van der Waals surface area contributed by atoms with Crippen LogP contribution in [0.25, 0.3) is 0 Å². The van der Waals surface area contributed by atoms with Crippen LogP contribution in [0.2, 0.25) is 0 Å². The third kappa shape index (κ3) is 21.5. The number of allylic oxidation sites excluding steroid dienone is 3. The molecule has 0 spiro atoms. The van der Waals surface area contributed by atoms with Gasteiger partial charge in [0.15, 0.2) is 25.0 Å². The summed E-state index contributed by atoms with van der Waals surface area (Å²) in [7, 11) is 0. The van der Waals surface area contributed by atoms with E-state index in [9.17, 15) is 9.59 Å². The molecule has 0 bridgehead atoms. The average Bonchev–Trinajstić information content (AvgIpc) is 3.98. The van der Waals surface area contributed by atoms with E-state index in [-0.39, 0.29) is 61.9 Å². The fourth-order valence-corrected chi connectivity index (χ4v) is 7.72. The zero-order chi connectivity index (χ0) is 46.1. The van der Waals surface area contributed by atoms with Crippen molar-refractivity contribution in [1.82, 2.24) is 5.32 Å². The predicted molar refractivity (Wildman–Crippen MR) is 238 cm³/mol. The number of hydrogen-bond donors (Lipinski definition) is 2. The van der Waals surface area contributed by atoms with Crippen molar-refractivity contribution in [2.24, 2.45) is 23.5 Å². The number of nitrogens with two attached hydrogens (primary N) is 1. The van der Waals surface area contributed by atoms with Crippen molar-refractivity contribution in [3.05, 3.63) is 36.0 Å². The smallest absolute Gasteiger partial charge is 0.407 e. The molecule has 0 aromatic heterocycles. The number of cyclic esters (lactones) is 1. The summed E-state index contributed by atoms with van der Waals surface area (Å²) in [6.45, 7) is 27.3. The van der Waals surface area contributed by atoms with E-state index in [1.807, 2.05) is 79.7 Å². The lowest BCUT2D eigenvalue weighted by atomic mass is 9.88. The Morgan fingerprint density at radius 2 is 1.61 bits per heavy atom. The minimum atomic E-state index is -1.09. The Hall–Kier alpha value is -2.44. The summed E-state index contributed by atoms with van der Waals surface area (Å²) in [6, 6.07) is 0. The molecule has 0 saturated carbocycles. The molecule has 1 saturated heterocycles. The van der Waals surface area contributed by atoms with Crippen molar-refractivity contribution in [3.8, 4) is 0 Å². The monoisotopic (exact) mass is 885 g/mol. The van der Waals surface area contributed by atoms with Gasteiger partial charge in [0.05, 0.1) is 57.3 Å². The molecule has 2 heterocycles. The van der Waals surface area contributed by atoms with E-state index < -0.39 is 48.6 Å². The molecule has 1 amide bonds. The molecule has 15 heteroatoms. The number of carbonyl (C=O) groups is 2. The van der Waals surface area contributed by atoms with Crippen LogP contribution in [-0.2, 0) is 56.9 Å². The van der Waals surface area contributed by atoms with Crippen LogP contribution < -0.4 is 11.1 Å². The van der Waals surface area contributed by atoms with Gasteiger partial charge >= 0.3 is 12.1 Å². The fourth-order valence-electron chi connectivity index (χ4n) is 7.72. The molecule has 13 unspecified atom stereocenters. The lowest BCUT2D eigenvalue weighted by Gasteiger charge is -2.39. The van der Waals surface area contributed by atoms with Gasteiger partial charge in [-0.3, -0.25) is 4.79 Å². The second-order valence-electron chi connectivity index (χ2n) is 16.5. The molecule has 13 atom stereocenters.